The van der Waals surface area contributed by atoms with Gasteiger partial charge in [0.05, 0.1) is 23.1 Å². The van der Waals surface area contributed by atoms with Gasteiger partial charge in [-0.25, -0.2) is 12.7 Å². The zero-order valence-corrected chi connectivity index (χ0v) is 17.9. The van der Waals surface area contributed by atoms with Crippen molar-refractivity contribution < 1.29 is 13.2 Å². The highest BCUT2D eigenvalue weighted by Crippen LogP contribution is 2.27. The van der Waals surface area contributed by atoms with Crippen LogP contribution in [0.4, 0.5) is 5.69 Å². The Morgan fingerprint density at radius 2 is 1.68 bits per heavy atom. The lowest BCUT2D eigenvalue weighted by Crippen LogP contribution is -2.38. The number of aromatic nitrogens is 3. The number of benzene rings is 3. The molecule has 31 heavy (non-hydrogen) atoms. The van der Waals surface area contributed by atoms with Crippen LogP contribution in [-0.4, -0.2) is 30.5 Å². The molecule has 0 bridgehead atoms. The van der Waals surface area contributed by atoms with Crippen molar-refractivity contribution in [1.82, 2.24) is 15.0 Å². The molecule has 0 atom stereocenters. The van der Waals surface area contributed by atoms with Gasteiger partial charge in [0.25, 0.3) is 15.6 Å². The lowest BCUT2D eigenvalue weighted by molar-refractivity contribution is 0.415. The first-order chi connectivity index (χ1) is 14.9. The van der Waals surface area contributed by atoms with Crippen molar-refractivity contribution in [3.05, 3.63) is 88.2 Å². The fraction of sp³-hybridized carbons (Fsp3) is 0.0952. The van der Waals surface area contributed by atoms with E-state index in [-0.39, 0.29) is 11.6 Å². The minimum atomic E-state index is -4.05. The highest BCUT2D eigenvalue weighted by atomic mass is 35.5. The summed E-state index contributed by atoms with van der Waals surface area (Å²) in [6.45, 7) is -0.367. The number of sulfonamides is 1. The summed E-state index contributed by atoms with van der Waals surface area (Å²) in [5.41, 5.74) is 0.313. The molecule has 1 heterocycles. The maximum Gasteiger partial charge on any atom is 0.279 e. The Morgan fingerprint density at radius 1 is 1.00 bits per heavy atom. The van der Waals surface area contributed by atoms with Crippen LogP contribution in [0.25, 0.3) is 10.9 Å². The topological polar surface area (TPSA) is 94.4 Å². The Morgan fingerprint density at radius 3 is 2.35 bits per heavy atom. The summed E-state index contributed by atoms with van der Waals surface area (Å²) < 4.78 is 34.2. The number of anilines is 1. The normalized spacial score (nSPS) is 11.4. The molecule has 0 amide bonds. The van der Waals surface area contributed by atoms with Crippen LogP contribution in [0.15, 0.2) is 82.5 Å². The Labute approximate surface area is 183 Å². The molecular formula is C21H17ClN4O4S. The molecule has 0 aliphatic rings. The van der Waals surface area contributed by atoms with E-state index in [1.165, 1.54) is 31.4 Å². The van der Waals surface area contributed by atoms with Crippen molar-refractivity contribution in [2.24, 2.45) is 0 Å². The molecule has 0 radical (unpaired) electrons. The first-order valence-electron chi connectivity index (χ1n) is 9.15. The maximum absolute atomic E-state index is 13.5. The first-order valence-corrected chi connectivity index (χ1v) is 11.0. The van der Waals surface area contributed by atoms with E-state index < -0.39 is 15.6 Å². The molecule has 0 fully saturated rings. The van der Waals surface area contributed by atoms with Crippen LogP contribution in [0, 0.1) is 0 Å². The highest BCUT2D eigenvalue weighted by Gasteiger charge is 2.26. The monoisotopic (exact) mass is 456 g/mol. The molecule has 0 unspecified atom stereocenters. The number of ether oxygens (including phenoxy) is 1. The molecule has 4 rings (SSSR count). The number of nitrogens with zero attached hydrogens (tertiary/aromatic N) is 4. The molecule has 8 nitrogen and oxygen atoms in total. The molecule has 0 N–H and O–H groups in total. The van der Waals surface area contributed by atoms with Gasteiger partial charge in [0.2, 0.25) is 0 Å². The summed E-state index contributed by atoms with van der Waals surface area (Å²) in [5, 5.41) is 8.72. The largest absolute Gasteiger partial charge is 0.497 e. The van der Waals surface area contributed by atoms with Crippen molar-refractivity contribution in [2.75, 3.05) is 11.4 Å². The molecule has 0 spiro atoms. The van der Waals surface area contributed by atoms with Crippen LogP contribution in [0.3, 0.4) is 0 Å². The number of halogens is 1. The van der Waals surface area contributed by atoms with E-state index >= 15 is 0 Å². The van der Waals surface area contributed by atoms with E-state index in [9.17, 15) is 13.2 Å². The molecule has 1 aromatic heterocycles. The Balaban J connectivity index is 1.83. The number of fused-ring (bicyclic) bond motifs is 1. The molecule has 0 aliphatic carbocycles. The third-order valence-corrected chi connectivity index (χ3v) is 6.68. The van der Waals surface area contributed by atoms with Gasteiger partial charge in [0.1, 0.15) is 17.9 Å². The Kier molecular flexibility index (Phi) is 5.62. The van der Waals surface area contributed by atoms with E-state index in [1.807, 2.05) is 0 Å². The molecule has 4 aromatic rings. The standard InChI is InChI=1S/C21H17ClN4O4S/c1-30-17-10-8-16(9-11-17)26(31(28,29)18-12-6-15(22)7-13-18)14-25-21(27)19-4-2-3-5-20(19)23-24-25/h2-13H,14H2,1H3. The second kappa shape index (κ2) is 8.37. The van der Waals surface area contributed by atoms with Crippen LogP contribution in [0.5, 0.6) is 5.75 Å². The zero-order valence-electron chi connectivity index (χ0n) is 16.3. The van der Waals surface area contributed by atoms with Gasteiger partial charge in [-0.15, -0.1) is 5.10 Å². The summed E-state index contributed by atoms with van der Waals surface area (Å²) in [6, 6.07) is 19.0. The summed E-state index contributed by atoms with van der Waals surface area (Å²) in [6.07, 6.45) is 0. The minimum Gasteiger partial charge on any atom is -0.497 e. The van der Waals surface area contributed by atoms with Gasteiger partial charge in [-0.1, -0.05) is 28.9 Å². The smallest absolute Gasteiger partial charge is 0.279 e. The van der Waals surface area contributed by atoms with Crippen molar-refractivity contribution in [3.8, 4) is 5.75 Å². The van der Waals surface area contributed by atoms with Crippen LogP contribution >= 0.6 is 11.6 Å². The van der Waals surface area contributed by atoms with Gasteiger partial charge in [0.15, 0.2) is 0 Å². The van der Waals surface area contributed by atoms with Crippen molar-refractivity contribution >= 4 is 38.2 Å². The van der Waals surface area contributed by atoms with Crippen LogP contribution in [0.2, 0.25) is 5.02 Å². The van der Waals surface area contributed by atoms with Gasteiger partial charge in [-0.05, 0) is 60.7 Å². The summed E-state index contributed by atoms with van der Waals surface area (Å²) in [4.78, 5) is 12.9. The highest BCUT2D eigenvalue weighted by molar-refractivity contribution is 7.92. The van der Waals surface area contributed by atoms with Gasteiger partial charge in [-0.2, -0.15) is 4.68 Å². The molecule has 0 saturated carbocycles. The average molecular weight is 457 g/mol. The first kappa shape index (κ1) is 20.8. The third-order valence-electron chi connectivity index (χ3n) is 4.65. The molecule has 10 heteroatoms. The lowest BCUT2D eigenvalue weighted by Gasteiger charge is -2.24. The fourth-order valence-corrected chi connectivity index (χ4v) is 4.54. The fourth-order valence-electron chi connectivity index (χ4n) is 3.02. The van der Waals surface area contributed by atoms with E-state index in [1.54, 1.807) is 48.5 Å². The van der Waals surface area contributed by atoms with E-state index in [4.69, 9.17) is 16.3 Å². The summed E-state index contributed by atoms with van der Waals surface area (Å²) >= 11 is 5.91. The van der Waals surface area contributed by atoms with Gasteiger partial charge in [0, 0.05) is 5.02 Å². The van der Waals surface area contributed by atoms with Crippen LogP contribution in [0.1, 0.15) is 0 Å². The SMILES string of the molecule is COc1ccc(N(Cn2nnc3ccccc3c2=O)S(=O)(=O)c2ccc(Cl)cc2)cc1. The molecule has 0 aliphatic heterocycles. The number of hydrogen-bond acceptors (Lipinski definition) is 6. The molecule has 158 valence electrons. The van der Waals surface area contributed by atoms with Gasteiger partial charge in [-0.3, -0.25) is 4.79 Å². The maximum atomic E-state index is 13.5. The molecule has 3 aromatic carbocycles. The predicted molar refractivity (Wildman–Crippen MR) is 118 cm³/mol. The van der Waals surface area contributed by atoms with Crippen molar-refractivity contribution in [3.63, 3.8) is 0 Å². The quantitative estimate of drug-likeness (QED) is 0.442. The second-order valence-corrected chi connectivity index (χ2v) is 8.86. The number of hydrogen-bond donors (Lipinski definition) is 0. The van der Waals surface area contributed by atoms with Gasteiger partial charge >= 0.3 is 0 Å². The summed E-state index contributed by atoms with van der Waals surface area (Å²) in [5.74, 6) is 0.565. The van der Waals surface area contributed by atoms with Crippen molar-refractivity contribution in [2.45, 2.75) is 11.6 Å². The Hall–Kier alpha value is -3.43. The van der Waals surface area contributed by atoms with E-state index in [2.05, 4.69) is 10.3 Å². The van der Waals surface area contributed by atoms with Gasteiger partial charge < -0.3 is 4.74 Å². The summed E-state index contributed by atoms with van der Waals surface area (Å²) in [7, 11) is -2.54. The Bertz CT molecular complexity index is 1390. The predicted octanol–water partition coefficient (Wildman–Crippen LogP) is 3.31. The molecular weight excluding hydrogens is 440 g/mol. The third kappa shape index (κ3) is 4.10. The number of rotatable bonds is 6. The lowest BCUT2D eigenvalue weighted by atomic mass is 10.2. The van der Waals surface area contributed by atoms with Crippen LogP contribution in [-0.2, 0) is 16.7 Å². The van der Waals surface area contributed by atoms with Crippen molar-refractivity contribution in [1.29, 1.82) is 0 Å². The van der Waals surface area contributed by atoms with E-state index in [0.29, 0.717) is 27.4 Å². The van der Waals surface area contributed by atoms with Crippen LogP contribution < -0.4 is 14.6 Å². The average Bonchev–Trinajstić information content (AvgIpc) is 2.79. The zero-order chi connectivity index (χ0) is 22.0. The minimum absolute atomic E-state index is 0.0227. The second-order valence-electron chi connectivity index (χ2n) is 6.56. The number of methoxy groups -OCH3 is 1. The molecule has 0 saturated heterocycles. The van der Waals surface area contributed by atoms with E-state index in [0.717, 1.165) is 8.99 Å².